The molecule has 0 amide bonds. The Morgan fingerprint density at radius 3 is 2.94 bits per heavy atom. The third kappa shape index (κ3) is 4.21. The topological polar surface area (TPSA) is 28.2 Å². The van der Waals surface area contributed by atoms with Gasteiger partial charge in [-0.2, -0.15) is 11.8 Å². The minimum absolute atomic E-state index is 0.988. The molecule has 4 heteroatoms. The van der Waals surface area contributed by atoms with Gasteiger partial charge in [0.15, 0.2) is 0 Å². The van der Waals surface area contributed by atoms with Crippen molar-refractivity contribution < 1.29 is 0 Å². The summed E-state index contributed by atoms with van der Waals surface area (Å²) in [6.07, 6.45) is 1.13. The van der Waals surface area contributed by atoms with E-state index in [0.717, 1.165) is 25.3 Å². The number of thioether (sulfide) groups is 1. The smallest absolute Gasteiger partial charge is 0.126 e. The van der Waals surface area contributed by atoms with Crippen LogP contribution in [0.5, 0.6) is 0 Å². The number of aromatic nitrogens is 1. The molecule has 3 nitrogen and oxygen atoms in total. The second kappa shape index (κ2) is 6.87. The predicted molar refractivity (Wildman–Crippen MR) is 75.6 cm³/mol. The summed E-state index contributed by atoms with van der Waals surface area (Å²) in [7, 11) is 0. The van der Waals surface area contributed by atoms with Crippen LogP contribution in [0.1, 0.15) is 19.0 Å². The molecular weight excluding hydrogens is 230 g/mol. The Bertz CT molecular complexity index is 337. The highest BCUT2D eigenvalue weighted by Crippen LogP contribution is 2.13. The van der Waals surface area contributed by atoms with E-state index in [4.69, 9.17) is 0 Å². The van der Waals surface area contributed by atoms with Gasteiger partial charge in [0.05, 0.1) is 5.69 Å². The van der Waals surface area contributed by atoms with Gasteiger partial charge in [0.25, 0.3) is 0 Å². The fraction of sp³-hybridized carbons (Fsp3) is 0.615. The molecule has 1 N–H and O–H groups in total. The first-order valence-corrected chi connectivity index (χ1v) is 7.54. The highest BCUT2D eigenvalue weighted by atomic mass is 32.2. The largest absolute Gasteiger partial charge is 0.370 e. The van der Waals surface area contributed by atoms with Crippen molar-refractivity contribution in [3.63, 3.8) is 0 Å². The van der Waals surface area contributed by atoms with E-state index in [1.54, 1.807) is 0 Å². The zero-order chi connectivity index (χ0) is 11.9. The zero-order valence-electron chi connectivity index (χ0n) is 10.5. The summed E-state index contributed by atoms with van der Waals surface area (Å²) in [5, 5.41) is 3.34. The lowest BCUT2D eigenvalue weighted by Crippen LogP contribution is -2.32. The maximum atomic E-state index is 4.64. The molecule has 0 radical (unpaired) electrons. The minimum atomic E-state index is 0.988. The normalized spacial score (nSPS) is 17.0. The first-order valence-electron chi connectivity index (χ1n) is 6.38. The van der Waals surface area contributed by atoms with Gasteiger partial charge in [0.2, 0.25) is 0 Å². The number of hydrogen-bond acceptors (Lipinski definition) is 4. The number of hydrogen-bond donors (Lipinski definition) is 1. The Labute approximate surface area is 108 Å². The predicted octanol–water partition coefficient (Wildman–Crippen LogP) is 2.45. The van der Waals surface area contributed by atoms with Crippen LogP contribution in [0.4, 0.5) is 5.82 Å². The maximum absolute atomic E-state index is 4.64. The molecule has 1 aliphatic rings. The molecule has 0 aliphatic carbocycles. The first-order chi connectivity index (χ1) is 8.38. The van der Waals surface area contributed by atoms with Crippen molar-refractivity contribution in [3.05, 3.63) is 23.9 Å². The van der Waals surface area contributed by atoms with Gasteiger partial charge in [0, 0.05) is 37.7 Å². The maximum Gasteiger partial charge on any atom is 0.126 e. The molecule has 0 atom stereocenters. The van der Waals surface area contributed by atoms with Crippen molar-refractivity contribution in [2.24, 2.45) is 0 Å². The van der Waals surface area contributed by atoms with E-state index in [-0.39, 0.29) is 0 Å². The lowest BCUT2D eigenvalue weighted by Gasteiger charge is -2.25. The molecule has 1 aromatic heterocycles. The molecule has 1 aromatic rings. The van der Waals surface area contributed by atoms with E-state index in [9.17, 15) is 0 Å². The third-order valence-corrected chi connectivity index (χ3v) is 3.79. The monoisotopic (exact) mass is 251 g/mol. The standard InChI is InChI=1S/C13H21N3S/c1-2-6-14-13-5-3-4-12(15-13)11-16-7-9-17-10-8-16/h3-5H,2,6-11H2,1H3,(H,14,15). The Balaban J connectivity index is 1.90. The molecule has 2 heterocycles. The lowest BCUT2D eigenvalue weighted by molar-refractivity contribution is 0.291. The average molecular weight is 251 g/mol. The first kappa shape index (κ1) is 12.7. The number of pyridine rings is 1. The van der Waals surface area contributed by atoms with Crippen LogP contribution in [0.2, 0.25) is 0 Å². The second-order valence-corrected chi connectivity index (χ2v) is 5.55. The number of anilines is 1. The van der Waals surface area contributed by atoms with Crippen molar-refractivity contribution >= 4 is 17.6 Å². The van der Waals surface area contributed by atoms with Crippen LogP contribution >= 0.6 is 11.8 Å². The van der Waals surface area contributed by atoms with E-state index in [1.165, 1.54) is 30.3 Å². The van der Waals surface area contributed by atoms with Crippen molar-refractivity contribution in [1.29, 1.82) is 0 Å². The van der Waals surface area contributed by atoms with Crippen LogP contribution in [0.25, 0.3) is 0 Å². The average Bonchev–Trinajstić information content (AvgIpc) is 2.38. The van der Waals surface area contributed by atoms with Crippen LogP contribution in [0.3, 0.4) is 0 Å². The second-order valence-electron chi connectivity index (χ2n) is 4.33. The Kier molecular flexibility index (Phi) is 5.13. The van der Waals surface area contributed by atoms with E-state index in [1.807, 2.05) is 17.8 Å². The molecule has 0 unspecified atom stereocenters. The number of rotatable bonds is 5. The van der Waals surface area contributed by atoms with Gasteiger partial charge in [0.1, 0.15) is 5.82 Å². The van der Waals surface area contributed by atoms with Gasteiger partial charge in [-0.3, -0.25) is 4.90 Å². The van der Waals surface area contributed by atoms with Gasteiger partial charge < -0.3 is 5.32 Å². The molecule has 0 saturated carbocycles. The van der Waals surface area contributed by atoms with E-state index >= 15 is 0 Å². The summed E-state index contributed by atoms with van der Waals surface area (Å²) in [6.45, 7) is 6.54. The van der Waals surface area contributed by atoms with Crippen LogP contribution in [0, 0.1) is 0 Å². The van der Waals surface area contributed by atoms with Crippen LogP contribution in [-0.4, -0.2) is 41.0 Å². The van der Waals surface area contributed by atoms with Crippen molar-refractivity contribution in [3.8, 4) is 0 Å². The fourth-order valence-electron chi connectivity index (χ4n) is 1.91. The minimum Gasteiger partial charge on any atom is -0.370 e. The van der Waals surface area contributed by atoms with Gasteiger partial charge in [-0.15, -0.1) is 0 Å². The van der Waals surface area contributed by atoms with Crippen molar-refractivity contribution in [2.45, 2.75) is 19.9 Å². The summed E-state index contributed by atoms with van der Waals surface area (Å²) in [5.74, 6) is 3.53. The molecule has 1 aliphatic heterocycles. The van der Waals surface area contributed by atoms with E-state index in [2.05, 4.69) is 34.3 Å². The summed E-state index contributed by atoms with van der Waals surface area (Å²) in [5.41, 5.74) is 1.18. The highest BCUT2D eigenvalue weighted by molar-refractivity contribution is 7.99. The molecule has 2 rings (SSSR count). The molecule has 94 valence electrons. The zero-order valence-corrected chi connectivity index (χ0v) is 11.3. The van der Waals surface area contributed by atoms with Gasteiger partial charge >= 0.3 is 0 Å². The highest BCUT2D eigenvalue weighted by Gasteiger charge is 2.11. The molecule has 1 saturated heterocycles. The summed E-state index contributed by atoms with van der Waals surface area (Å²) in [4.78, 5) is 7.13. The number of nitrogens with one attached hydrogen (secondary N) is 1. The Morgan fingerprint density at radius 2 is 2.18 bits per heavy atom. The number of nitrogens with zero attached hydrogens (tertiary/aromatic N) is 2. The molecule has 0 bridgehead atoms. The van der Waals surface area contributed by atoms with Crippen LogP contribution < -0.4 is 5.32 Å². The van der Waals surface area contributed by atoms with Gasteiger partial charge in [-0.05, 0) is 18.6 Å². The van der Waals surface area contributed by atoms with Gasteiger partial charge in [-0.1, -0.05) is 13.0 Å². The molecule has 1 fully saturated rings. The molecule has 0 spiro atoms. The quantitative estimate of drug-likeness (QED) is 0.870. The Morgan fingerprint density at radius 1 is 1.35 bits per heavy atom. The fourth-order valence-corrected chi connectivity index (χ4v) is 2.89. The lowest BCUT2D eigenvalue weighted by atomic mass is 10.3. The third-order valence-electron chi connectivity index (χ3n) is 2.85. The molecular formula is C13H21N3S. The summed E-state index contributed by atoms with van der Waals surface area (Å²) < 4.78 is 0. The molecule has 17 heavy (non-hydrogen) atoms. The Hall–Kier alpha value is -0.740. The van der Waals surface area contributed by atoms with Crippen molar-refractivity contribution in [2.75, 3.05) is 36.5 Å². The SMILES string of the molecule is CCCNc1cccc(CN2CCSCC2)n1. The summed E-state index contributed by atoms with van der Waals surface area (Å²) in [6, 6.07) is 6.27. The summed E-state index contributed by atoms with van der Waals surface area (Å²) >= 11 is 2.05. The van der Waals surface area contributed by atoms with Crippen LogP contribution in [0.15, 0.2) is 18.2 Å². The van der Waals surface area contributed by atoms with E-state index in [0.29, 0.717) is 0 Å². The van der Waals surface area contributed by atoms with Gasteiger partial charge in [-0.25, -0.2) is 4.98 Å². The van der Waals surface area contributed by atoms with E-state index < -0.39 is 0 Å². The van der Waals surface area contributed by atoms with Crippen LogP contribution in [-0.2, 0) is 6.54 Å². The molecule has 0 aromatic carbocycles. The van der Waals surface area contributed by atoms with Crippen molar-refractivity contribution in [1.82, 2.24) is 9.88 Å².